The molecule has 0 N–H and O–H groups in total. The summed E-state index contributed by atoms with van der Waals surface area (Å²) in [6, 6.07) is 11.6. The van der Waals surface area contributed by atoms with Crippen LogP contribution in [0.1, 0.15) is 62.7 Å². The Balaban J connectivity index is 2.07. The fraction of sp³-hybridized carbons (Fsp3) is 0.238. The first-order valence-electron chi connectivity index (χ1n) is 7.91. The average Bonchev–Trinajstić information content (AvgIpc) is 2.53. The summed E-state index contributed by atoms with van der Waals surface area (Å²) < 4.78 is 0. The Kier molecular flexibility index (Phi) is 3.77. The molecule has 23 heavy (non-hydrogen) atoms. The monoisotopic (exact) mass is 304 g/mol. The summed E-state index contributed by atoms with van der Waals surface area (Å²) in [6.07, 6.45) is 1.48. The van der Waals surface area contributed by atoms with E-state index in [0.717, 1.165) is 16.7 Å². The molecule has 0 atom stereocenters. The number of carbonyl (C=O) groups is 2. The van der Waals surface area contributed by atoms with Gasteiger partial charge in [0.2, 0.25) is 0 Å². The lowest BCUT2D eigenvalue weighted by Crippen LogP contribution is -2.17. The van der Waals surface area contributed by atoms with Crippen LogP contribution in [0.3, 0.4) is 0 Å². The minimum absolute atomic E-state index is 0.0694. The van der Waals surface area contributed by atoms with Gasteiger partial charge in [-0.2, -0.15) is 0 Å². The number of rotatable bonds is 2. The summed E-state index contributed by atoms with van der Waals surface area (Å²) in [5.41, 5.74) is 5.60. The maximum Gasteiger partial charge on any atom is 0.194 e. The van der Waals surface area contributed by atoms with Crippen LogP contribution >= 0.6 is 0 Å². The number of allylic oxidation sites excluding steroid dienone is 2. The number of carbonyl (C=O) groups excluding carboxylic acids is 2. The summed E-state index contributed by atoms with van der Waals surface area (Å²) in [5, 5.41) is 0. The van der Waals surface area contributed by atoms with Gasteiger partial charge in [-0.05, 0) is 60.2 Å². The normalized spacial score (nSPS) is 14.0. The molecule has 2 heteroatoms. The Morgan fingerprint density at radius 2 is 1.39 bits per heavy atom. The maximum atomic E-state index is 12.8. The number of ketones is 2. The molecule has 2 aromatic carbocycles. The van der Waals surface area contributed by atoms with Crippen molar-refractivity contribution in [3.63, 3.8) is 0 Å². The molecular formula is C21H20O2. The van der Waals surface area contributed by atoms with E-state index < -0.39 is 0 Å². The molecule has 0 saturated heterocycles. The van der Waals surface area contributed by atoms with Gasteiger partial charge in [0.25, 0.3) is 0 Å². The number of Topliss-reactive ketones (excluding diaryl/α,β-unsaturated/α-hetero) is 1. The molecule has 116 valence electrons. The van der Waals surface area contributed by atoms with Crippen molar-refractivity contribution >= 4 is 17.1 Å². The van der Waals surface area contributed by atoms with Crippen LogP contribution in [-0.4, -0.2) is 11.6 Å². The first kappa shape index (κ1) is 15.4. The maximum absolute atomic E-state index is 12.8. The van der Waals surface area contributed by atoms with Crippen LogP contribution in [0.5, 0.6) is 0 Å². The highest BCUT2D eigenvalue weighted by Crippen LogP contribution is 2.30. The summed E-state index contributed by atoms with van der Waals surface area (Å²) in [6.45, 7) is 8.18. The molecule has 0 aromatic heterocycles. The van der Waals surface area contributed by atoms with Crippen molar-refractivity contribution in [3.8, 4) is 0 Å². The zero-order valence-corrected chi connectivity index (χ0v) is 13.9. The van der Waals surface area contributed by atoms with Crippen molar-refractivity contribution in [1.29, 1.82) is 0 Å². The molecule has 0 spiro atoms. The Hall–Kier alpha value is -2.48. The van der Waals surface area contributed by atoms with Crippen molar-refractivity contribution in [2.24, 2.45) is 0 Å². The highest BCUT2D eigenvalue weighted by atomic mass is 16.1. The van der Waals surface area contributed by atoms with Crippen LogP contribution in [0.15, 0.2) is 42.5 Å². The lowest BCUT2D eigenvalue weighted by Gasteiger charge is -2.17. The Morgan fingerprint density at radius 3 is 1.96 bits per heavy atom. The zero-order chi connectivity index (χ0) is 16.7. The molecule has 0 saturated carbocycles. The van der Waals surface area contributed by atoms with Gasteiger partial charge < -0.3 is 0 Å². The van der Waals surface area contributed by atoms with Crippen molar-refractivity contribution < 1.29 is 9.59 Å². The highest BCUT2D eigenvalue weighted by Gasteiger charge is 2.27. The molecule has 0 amide bonds. The van der Waals surface area contributed by atoms with Crippen molar-refractivity contribution in [1.82, 2.24) is 0 Å². The summed E-state index contributed by atoms with van der Waals surface area (Å²) in [7, 11) is 0. The lowest BCUT2D eigenvalue weighted by molar-refractivity contribution is 0.100. The van der Waals surface area contributed by atoms with Crippen LogP contribution in [0.4, 0.5) is 0 Å². The van der Waals surface area contributed by atoms with E-state index in [0.29, 0.717) is 22.6 Å². The second-order valence-corrected chi connectivity index (χ2v) is 6.51. The third-order valence-corrected chi connectivity index (χ3v) is 4.55. The fourth-order valence-corrected chi connectivity index (χ4v) is 2.89. The molecule has 0 radical (unpaired) electrons. The van der Waals surface area contributed by atoms with Gasteiger partial charge >= 0.3 is 0 Å². The number of hydrogen-bond donors (Lipinski definition) is 0. The SMILES string of the molecule is Cc1cc2c(cc1C)C(=O)C(c1ccc(C(C)C)cc1)=CC2=O. The minimum atomic E-state index is -0.0920. The molecule has 0 aliphatic heterocycles. The van der Waals surface area contributed by atoms with E-state index in [2.05, 4.69) is 13.8 Å². The molecule has 0 bridgehead atoms. The number of fused-ring (bicyclic) bond motifs is 1. The average molecular weight is 304 g/mol. The van der Waals surface area contributed by atoms with Gasteiger partial charge in [0.05, 0.1) is 0 Å². The van der Waals surface area contributed by atoms with Crippen LogP contribution in [-0.2, 0) is 0 Å². The molecule has 1 aliphatic carbocycles. The topological polar surface area (TPSA) is 34.1 Å². The Morgan fingerprint density at radius 1 is 0.826 bits per heavy atom. The molecule has 1 aliphatic rings. The molecular weight excluding hydrogens is 284 g/mol. The number of aryl methyl sites for hydroxylation is 2. The van der Waals surface area contributed by atoms with Gasteiger partial charge in [-0.3, -0.25) is 9.59 Å². The van der Waals surface area contributed by atoms with Crippen molar-refractivity contribution in [2.45, 2.75) is 33.6 Å². The van der Waals surface area contributed by atoms with Gasteiger partial charge in [0.1, 0.15) is 0 Å². The Bertz CT molecular complexity index is 837. The van der Waals surface area contributed by atoms with E-state index in [-0.39, 0.29) is 11.6 Å². The molecule has 2 nitrogen and oxygen atoms in total. The van der Waals surface area contributed by atoms with Crippen molar-refractivity contribution in [2.75, 3.05) is 0 Å². The van der Waals surface area contributed by atoms with Gasteiger partial charge in [0.15, 0.2) is 11.6 Å². The van der Waals surface area contributed by atoms with Crippen LogP contribution in [0.25, 0.3) is 5.57 Å². The molecule has 0 heterocycles. The van der Waals surface area contributed by atoms with Crippen molar-refractivity contribution in [3.05, 3.63) is 75.9 Å². The largest absolute Gasteiger partial charge is 0.289 e. The third kappa shape index (κ3) is 2.65. The van der Waals surface area contributed by atoms with Gasteiger partial charge in [-0.15, -0.1) is 0 Å². The summed E-state index contributed by atoms with van der Waals surface area (Å²) in [5.74, 6) is 0.277. The quantitative estimate of drug-likeness (QED) is 0.791. The fourth-order valence-electron chi connectivity index (χ4n) is 2.89. The summed E-state index contributed by atoms with van der Waals surface area (Å²) in [4.78, 5) is 25.2. The minimum Gasteiger partial charge on any atom is -0.289 e. The second-order valence-electron chi connectivity index (χ2n) is 6.51. The summed E-state index contributed by atoms with van der Waals surface area (Å²) >= 11 is 0. The zero-order valence-electron chi connectivity index (χ0n) is 13.9. The molecule has 3 rings (SSSR count). The lowest BCUT2D eigenvalue weighted by atomic mass is 9.84. The van der Waals surface area contributed by atoms with Gasteiger partial charge in [-0.25, -0.2) is 0 Å². The van der Waals surface area contributed by atoms with Gasteiger partial charge in [-0.1, -0.05) is 38.1 Å². The van der Waals surface area contributed by atoms with Gasteiger partial charge in [0, 0.05) is 16.7 Å². The molecule has 2 aromatic rings. The smallest absolute Gasteiger partial charge is 0.194 e. The van der Waals surface area contributed by atoms with E-state index in [9.17, 15) is 9.59 Å². The molecule has 0 unspecified atom stereocenters. The second kappa shape index (κ2) is 5.62. The predicted octanol–water partition coefficient (Wildman–Crippen LogP) is 4.89. The van der Waals surface area contributed by atoms with E-state index in [1.807, 2.05) is 50.2 Å². The first-order valence-corrected chi connectivity index (χ1v) is 7.91. The predicted molar refractivity (Wildman–Crippen MR) is 93.1 cm³/mol. The Labute approximate surface area is 136 Å². The number of benzene rings is 2. The van der Waals surface area contributed by atoms with Crippen LogP contribution in [0.2, 0.25) is 0 Å². The van der Waals surface area contributed by atoms with E-state index in [4.69, 9.17) is 0 Å². The van der Waals surface area contributed by atoms with E-state index in [1.54, 1.807) is 0 Å². The van der Waals surface area contributed by atoms with Crippen LogP contribution < -0.4 is 0 Å². The standard InChI is InChI=1S/C21H20O2/c1-12(2)15-5-7-16(8-6-15)17-11-20(22)18-9-13(3)14(4)10-19(18)21(17)23/h5-12H,1-4H3. The highest BCUT2D eigenvalue weighted by molar-refractivity contribution is 6.38. The third-order valence-electron chi connectivity index (χ3n) is 4.55. The van der Waals surface area contributed by atoms with Crippen LogP contribution in [0, 0.1) is 13.8 Å². The van der Waals surface area contributed by atoms with E-state index >= 15 is 0 Å². The van der Waals surface area contributed by atoms with E-state index in [1.165, 1.54) is 11.6 Å². The number of hydrogen-bond acceptors (Lipinski definition) is 2. The molecule has 0 fully saturated rings. The first-order chi connectivity index (χ1) is 10.9.